The molecule has 0 fully saturated rings. The van der Waals surface area contributed by atoms with Crippen molar-refractivity contribution in [1.82, 2.24) is 0 Å². The fraction of sp³-hybridized carbons (Fsp3) is 0.400. The Morgan fingerprint density at radius 3 is 1.38 bits per heavy atom. The number of rotatable bonds is 2. The molecular formula is C10H9F5O. The molecule has 0 aliphatic rings. The van der Waals surface area contributed by atoms with Gasteiger partial charge in [-0.25, -0.2) is 22.0 Å². The summed E-state index contributed by atoms with van der Waals surface area (Å²) in [5.74, 6) is -11.0. The van der Waals surface area contributed by atoms with Crippen molar-refractivity contribution in [3.63, 3.8) is 0 Å². The summed E-state index contributed by atoms with van der Waals surface area (Å²) in [6, 6.07) is 0. The zero-order chi connectivity index (χ0) is 12.6. The molecule has 1 aromatic carbocycles. The number of hydrogen-bond donors (Lipinski definition) is 1. The molecule has 0 saturated heterocycles. The number of aliphatic hydroxyl groups is 1. The summed E-state index contributed by atoms with van der Waals surface area (Å²) in [5.41, 5.74) is -1.19. The molecule has 1 unspecified atom stereocenters. The molecule has 0 spiro atoms. The van der Waals surface area contributed by atoms with Gasteiger partial charge in [-0.3, -0.25) is 0 Å². The Hall–Kier alpha value is -1.17. The van der Waals surface area contributed by atoms with Gasteiger partial charge in [-0.05, 0) is 5.92 Å². The Bertz CT molecular complexity index is 387. The molecule has 0 amide bonds. The van der Waals surface area contributed by atoms with E-state index in [0.29, 0.717) is 0 Å². The van der Waals surface area contributed by atoms with Crippen LogP contribution < -0.4 is 0 Å². The maximum Gasteiger partial charge on any atom is 0.200 e. The Morgan fingerprint density at radius 2 is 1.06 bits per heavy atom. The molecule has 90 valence electrons. The third-order valence-electron chi connectivity index (χ3n) is 2.17. The summed E-state index contributed by atoms with van der Waals surface area (Å²) in [6.45, 7) is 2.78. The van der Waals surface area contributed by atoms with Crippen LogP contribution in [0.25, 0.3) is 0 Å². The summed E-state index contributed by atoms with van der Waals surface area (Å²) in [5, 5.41) is 9.36. The fourth-order valence-corrected chi connectivity index (χ4v) is 1.21. The van der Waals surface area contributed by atoms with Crippen LogP contribution in [0.2, 0.25) is 0 Å². The second-order valence-corrected chi connectivity index (χ2v) is 3.67. The molecule has 0 radical (unpaired) electrons. The van der Waals surface area contributed by atoms with E-state index in [1.807, 2.05) is 0 Å². The molecule has 0 aliphatic carbocycles. The lowest BCUT2D eigenvalue weighted by Gasteiger charge is -2.17. The van der Waals surface area contributed by atoms with Crippen LogP contribution >= 0.6 is 0 Å². The SMILES string of the molecule is CC(C)C(O)c1c(F)c(F)c(F)c(F)c1F. The van der Waals surface area contributed by atoms with Gasteiger partial charge in [0.15, 0.2) is 23.3 Å². The minimum atomic E-state index is -2.23. The Balaban J connectivity index is 3.51. The van der Waals surface area contributed by atoms with Crippen LogP contribution in [0.4, 0.5) is 22.0 Å². The van der Waals surface area contributed by atoms with E-state index in [2.05, 4.69) is 0 Å². The van der Waals surface area contributed by atoms with Crippen molar-refractivity contribution in [2.75, 3.05) is 0 Å². The normalized spacial score (nSPS) is 13.3. The highest BCUT2D eigenvalue weighted by Crippen LogP contribution is 2.31. The van der Waals surface area contributed by atoms with E-state index in [4.69, 9.17) is 0 Å². The summed E-state index contributed by atoms with van der Waals surface area (Å²) in [4.78, 5) is 0. The first-order chi connectivity index (χ1) is 7.29. The van der Waals surface area contributed by atoms with Gasteiger partial charge in [0.25, 0.3) is 0 Å². The minimum Gasteiger partial charge on any atom is -0.388 e. The van der Waals surface area contributed by atoms with E-state index in [0.717, 1.165) is 0 Å². The predicted molar refractivity (Wildman–Crippen MR) is 46.0 cm³/mol. The summed E-state index contributed by atoms with van der Waals surface area (Å²) in [7, 11) is 0. The molecule has 1 rings (SSSR count). The summed E-state index contributed by atoms with van der Waals surface area (Å²) in [6.07, 6.45) is -1.75. The van der Waals surface area contributed by atoms with E-state index >= 15 is 0 Å². The number of benzene rings is 1. The molecule has 0 heterocycles. The van der Waals surface area contributed by atoms with Crippen molar-refractivity contribution < 1.29 is 27.1 Å². The van der Waals surface area contributed by atoms with Crippen molar-refractivity contribution in [2.24, 2.45) is 5.92 Å². The van der Waals surface area contributed by atoms with Crippen molar-refractivity contribution in [3.8, 4) is 0 Å². The Morgan fingerprint density at radius 1 is 0.750 bits per heavy atom. The molecular weight excluding hydrogens is 231 g/mol. The number of halogens is 5. The van der Waals surface area contributed by atoms with Gasteiger partial charge in [0.2, 0.25) is 5.82 Å². The van der Waals surface area contributed by atoms with Gasteiger partial charge in [0, 0.05) is 0 Å². The zero-order valence-electron chi connectivity index (χ0n) is 8.49. The molecule has 1 nitrogen and oxygen atoms in total. The van der Waals surface area contributed by atoms with E-state index in [-0.39, 0.29) is 0 Å². The molecule has 0 aliphatic heterocycles. The van der Waals surface area contributed by atoms with Crippen molar-refractivity contribution in [1.29, 1.82) is 0 Å². The van der Waals surface area contributed by atoms with Gasteiger partial charge in [-0.15, -0.1) is 0 Å². The van der Waals surface area contributed by atoms with Crippen LogP contribution in [-0.2, 0) is 0 Å². The van der Waals surface area contributed by atoms with Crippen LogP contribution in [0.1, 0.15) is 25.5 Å². The second kappa shape index (κ2) is 4.37. The minimum absolute atomic E-state index is 0.673. The maximum atomic E-state index is 13.1. The highest BCUT2D eigenvalue weighted by atomic mass is 19.2. The quantitative estimate of drug-likeness (QED) is 0.478. The molecule has 6 heteroatoms. The molecule has 0 saturated carbocycles. The third kappa shape index (κ3) is 1.89. The van der Waals surface area contributed by atoms with Crippen LogP contribution in [0.3, 0.4) is 0 Å². The van der Waals surface area contributed by atoms with Crippen LogP contribution in [-0.4, -0.2) is 5.11 Å². The van der Waals surface area contributed by atoms with Gasteiger partial charge >= 0.3 is 0 Å². The average molecular weight is 240 g/mol. The summed E-state index contributed by atoms with van der Waals surface area (Å²) >= 11 is 0. The average Bonchev–Trinajstić information content (AvgIpc) is 2.23. The van der Waals surface area contributed by atoms with Gasteiger partial charge in [-0.2, -0.15) is 0 Å². The molecule has 0 bridgehead atoms. The van der Waals surface area contributed by atoms with Gasteiger partial charge in [0.05, 0.1) is 11.7 Å². The first-order valence-electron chi connectivity index (χ1n) is 4.48. The lowest BCUT2D eigenvalue weighted by atomic mass is 9.97. The highest BCUT2D eigenvalue weighted by Gasteiger charge is 2.30. The highest BCUT2D eigenvalue weighted by molar-refractivity contribution is 5.26. The van der Waals surface area contributed by atoms with E-state index in [9.17, 15) is 27.1 Å². The van der Waals surface area contributed by atoms with Crippen molar-refractivity contribution in [3.05, 3.63) is 34.6 Å². The monoisotopic (exact) mass is 240 g/mol. The zero-order valence-corrected chi connectivity index (χ0v) is 8.49. The largest absolute Gasteiger partial charge is 0.388 e. The molecule has 16 heavy (non-hydrogen) atoms. The van der Waals surface area contributed by atoms with Gasteiger partial charge < -0.3 is 5.11 Å². The number of aliphatic hydroxyl groups excluding tert-OH is 1. The van der Waals surface area contributed by atoms with Crippen molar-refractivity contribution in [2.45, 2.75) is 20.0 Å². The van der Waals surface area contributed by atoms with Crippen LogP contribution in [0.5, 0.6) is 0 Å². The lowest BCUT2D eigenvalue weighted by Crippen LogP contribution is -2.15. The number of hydrogen-bond acceptors (Lipinski definition) is 1. The fourth-order valence-electron chi connectivity index (χ4n) is 1.21. The maximum absolute atomic E-state index is 13.1. The summed E-state index contributed by atoms with van der Waals surface area (Å²) < 4.78 is 64.4. The van der Waals surface area contributed by atoms with E-state index < -0.39 is 46.7 Å². The second-order valence-electron chi connectivity index (χ2n) is 3.67. The van der Waals surface area contributed by atoms with Gasteiger partial charge in [0.1, 0.15) is 0 Å². The first-order valence-corrected chi connectivity index (χ1v) is 4.48. The molecule has 0 aromatic heterocycles. The van der Waals surface area contributed by atoms with Crippen molar-refractivity contribution >= 4 is 0 Å². The van der Waals surface area contributed by atoms with E-state index in [1.165, 1.54) is 13.8 Å². The smallest absolute Gasteiger partial charge is 0.200 e. The predicted octanol–water partition coefficient (Wildman–Crippen LogP) is 3.07. The lowest BCUT2D eigenvalue weighted by molar-refractivity contribution is 0.115. The van der Waals surface area contributed by atoms with Crippen LogP contribution in [0.15, 0.2) is 0 Å². The molecule has 1 atom stereocenters. The first kappa shape index (κ1) is 12.9. The standard InChI is InChI=1S/C10H9F5O/c1-3(2)10(16)4-5(11)7(13)9(15)8(14)6(4)12/h3,10,16H,1-2H3. The third-order valence-corrected chi connectivity index (χ3v) is 2.17. The Labute approximate surface area is 88.5 Å². The molecule has 1 aromatic rings. The van der Waals surface area contributed by atoms with E-state index in [1.54, 1.807) is 0 Å². The van der Waals surface area contributed by atoms with Crippen LogP contribution in [0, 0.1) is 35.0 Å². The topological polar surface area (TPSA) is 20.2 Å². The molecule has 1 N–H and O–H groups in total. The Kier molecular flexibility index (Phi) is 3.52. The van der Waals surface area contributed by atoms with Gasteiger partial charge in [-0.1, -0.05) is 13.8 Å².